The molecule has 140 valence electrons. The van der Waals surface area contributed by atoms with Gasteiger partial charge in [-0.2, -0.15) is 0 Å². The molecule has 27 heavy (non-hydrogen) atoms. The van der Waals surface area contributed by atoms with Gasteiger partial charge in [-0.3, -0.25) is 9.69 Å². The molecule has 0 N–H and O–H groups in total. The van der Waals surface area contributed by atoms with Crippen LogP contribution in [0.15, 0.2) is 39.7 Å². The second-order valence-electron chi connectivity index (χ2n) is 5.35. The van der Waals surface area contributed by atoms with Gasteiger partial charge in [0.25, 0.3) is 5.91 Å². The van der Waals surface area contributed by atoms with Gasteiger partial charge in [0.1, 0.15) is 0 Å². The van der Waals surface area contributed by atoms with E-state index in [1.165, 1.54) is 16.7 Å². The van der Waals surface area contributed by atoms with Crippen molar-refractivity contribution in [3.8, 4) is 11.5 Å². The van der Waals surface area contributed by atoms with Gasteiger partial charge in [-0.15, -0.1) is 0 Å². The molecule has 0 aliphatic carbocycles. The molecule has 0 spiro atoms. The molecule has 1 heterocycles. The molecule has 1 aliphatic rings. The quantitative estimate of drug-likeness (QED) is 0.367. The summed E-state index contributed by atoms with van der Waals surface area (Å²) in [6, 6.07) is 8.58. The molecule has 0 saturated carbocycles. The average Bonchev–Trinajstić information content (AvgIpc) is 2.90. The van der Waals surface area contributed by atoms with E-state index in [0.29, 0.717) is 36.5 Å². The lowest BCUT2D eigenvalue weighted by Crippen LogP contribution is -2.27. The Bertz CT molecular complexity index is 981. The van der Waals surface area contributed by atoms with E-state index in [1.54, 1.807) is 44.6 Å². The monoisotopic (exact) mass is 503 g/mol. The van der Waals surface area contributed by atoms with Crippen LogP contribution in [0.3, 0.4) is 0 Å². The minimum Gasteiger partial charge on any atom is -0.493 e. The zero-order chi connectivity index (χ0) is 19.7. The molecule has 0 unspecified atom stereocenters. The Morgan fingerprint density at radius 2 is 1.89 bits per heavy atom. The summed E-state index contributed by atoms with van der Waals surface area (Å²) in [7, 11) is 3.11. The lowest BCUT2D eigenvalue weighted by atomic mass is 10.2. The minimum atomic E-state index is -0.228. The molecule has 0 bridgehead atoms. The van der Waals surface area contributed by atoms with E-state index in [1.807, 2.05) is 6.07 Å². The normalized spacial score (nSPS) is 15.6. The minimum absolute atomic E-state index is 0.228. The van der Waals surface area contributed by atoms with Crippen LogP contribution in [0.2, 0.25) is 10.0 Å². The molecule has 0 aromatic heterocycles. The van der Waals surface area contributed by atoms with Crippen LogP contribution in [0.25, 0.3) is 6.08 Å². The van der Waals surface area contributed by atoms with Crippen molar-refractivity contribution >= 4 is 85.1 Å². The van der Waals surface area contributed by atoms with Crippen molar-refractivity contribution in [2.24, 2.45) is 0 Å². The average molecular weight is 505 g/mol. The van der Waals surface area contributed by atoms with Crippen molar-refractivity contribution in [3.05, 3.63) is 55.3 Å². The fraction of sp³-hybridized carbons (Fsp3) is 0.111. The first-order valence-electron chi connectivity index (χ1n) is 7.50. The van der Waals surface area contributed by atoms with Gasteiger partial charge >= 0.3 is 0 Å². The maximum atomic E-state index is 12.9. The van der Waals surface area contributed by atoms with E-state index < -0.39 is 0 Å². The lowest BCUT2D eigenvalue weighted by Gasteiger charge is -2.15. The molecule has 2 aromatic carbocycles. The summed E-state index contributed by atoms with van der Waals surface area (Å²) < 4.78 is 11.8. The Labute approximate surface area is 184 Å². The number of hydrogen-bond donors (Lipinski definition) is 0. The first kappa shape index (κ1) is 20.5. The Hall–Kier alpha value is -1.25. The number of methoxy groups -OCH3 is 2. The summed E-state index contributed by atoms with van der Waals surface area (Å²) in [4.78, 5) is 14.8. The molecule has 1 aliphatic heterocycles. The number of thioether (sulfide) groups is 1. The zero-order valence-corrected chi connectivity index (χ0v) is 18.8. The summed E-state index contributed by atoms with van der Waals surface area (Å²) in [5.74, 6) is 0.908. The Kier molecular flexibility index (Phi) is 6.38. The molecule has 3 rings (SSSR count). The van der Waals surface area contributed by atoms with E-state index in [2.05, 4.69) is 15.9 Å². The topological polar surface area (TPSA) is 38.8 Å². The maximum Gasteiger partial charge on any atom is 0.270 e. The molecular weight excluding hydrogens is 493 g/mol. The van der Waals surface area contributed by atoms with Gasteiger partial charge in [0, 0.05) is 0 Å². The lowest BCUT2D eigenvalue weighted by molar-refractivity contribution is -0.113. The summed E-state index contributed by atoms with van der Waals surface area (Å²) in [6.07, 6.45) is 1.75. The van der Waals surface area contributed by atoms with Crippen LogP contribution in [0.5, 0.6) is 11.5 Å². The molecule has 1 amide bonds. The standard InChI is InChI=1S/C18H12BrCl2NO3S2/c1-24-14-6-9(5-11(19)16(14)25-2)7-15-17(23)22(18(26)27-15)10-3-4-12(20)13(21)8-10/h3-8H,1-2H3/b15-7-. The highest BCUT2D eigenvalue weighted by Crippen LogP contribution is 2.40. The largest absolute Gasteiger partial charge is 0.493 e. The van der Waals surface area contributed by atoms with Crippen molar-refractivity contribution in [1.82, 2.24) is 0 Å². The van der Waals surface area contributed by atoms with Crippen LogP contribution in [-0.4, -0.2) is 24.4 Å². The van der Waals surface area contributed by atoms with Crippen LogP contribution in [0.4, 0.5) is 5.69 Å². The summed E-state index contributed by atoms with van der Waals surface area (Å²) in [5.41, 5.74) is 1.35. The predicted molar refractivity (Wildman–Crippen MR) is 119 cm³/mol. The number of nitrogens with zero attached hydrogens (tertiary/aromatic N) is 1. The van der Waals surface area contributed by atoms with Crippen molar-refractivity contribution in [3.63, 3.8) is 0 Å². The van der Waals surface area contributed by atoms with Gasteiger partial charge in [-0.1, -0.05) is 47.2 Å². The molecule has 4 nitrogen and oxygen atoms in total. The van der Waals surface area contributed by atoms with Crippen LogP contribution in [0.1, 0.15) is 5.56 Å². The highest BCUT2D eigenvalue weighted by molar-refractivity contribution is 9.10. The SMILES string of the molecule is COc1cc(/C=C2\SC(=S)N(c3ccc(Cl)c(Cl)c3)C2=O)cc(Br)c1OC. The maximum absolute atomic E-state index is 12.9. The number of amides is 1. The Balaban J connectivity index is 1.97. The molecule has 2 aromatic rings. The van der Waals surface area contributed by atoms with Gasteiger partial charge < -0.3 is 9.47 Å². The Morgan fingerprint density at radius 3 is 2.52 bits per heavy atom. The third kappa shape index (κ3) is 4.12. The van der Waals surface area contributed by atoms with E-state index in [4.69, 9.17) is 44.9 Å². The number of rotatable bonds is 4. The van der Waals surface area contributed by atoms with Crippen molar-refractivity contribution in [2.75, 3.05) is 19.1 Å². The smallest absolute Gasteiger partial charge is 0.270 e. The summed E-state index contributed by atoms with van der Waals surface area (Å²) in [6.45, 7) is 0. The molecule has 0 radical (unpaired) electrons. The molecule has 9 heteroatoms. The number of halogens is 3. The number of benzene rings is 2. The number of carbonyl (C=O) groups is 1. The number of thiocarbonyl (C=S) groups is 1. The number of carbonyl (C=O) groups excluding carboxylic acids is 1. The molecule has 1 fully saturated rings. The fourth-order valence-corrected chi connectivity index (χ4v) is 4.70. The number of ether oxygens (including phenoxy) is 2. The predicted octanol–water partition coefficient (Wildman–Crippen LogP) is 6.18. The van der Waals surface area contributed by atoms with Crippen LogP contribution in [0, 0.1) is 0 Å². The van der Waals surface area contributed by atoms with Gasteiger partial charge in [-0.25, -0.2) is 0 Å². The molecule has 1 saturated heterocycles. The first-order valence-corrected chi connectivity index (χ1v) is 10.3. The second kappa shape index (κ2) is 8.41. The third-order valence-electron chi connectivity index (χ3n) is 3.71. The third-order valence-corrected chi connectivity index (χ3v) is 6.34. The van der Waals surface area contributed by atoms with Crippen molar-refractivity contribution in [2.45, 2.75) is 0 Å². The number of hydrogen-bond acceptors (Lipinski definition) is 5. The fourth-order valence-electron chi connectivity index (χ4n) is 2.49. The van der Waals surface area contributed by atoms with E-state index in [9.17, 15) is 4.79 Å². The zero-order valence-electron chi connectivity index (χ0n) is 14.1. The van der Waals surface area contributed by atoms with Crippen LogP contribution in [-0.2, 0) is 4.79 Å². The van der Waals surface area contributed by atoms with Crippen LogP contribution >= 0.6 is 63.1 Å². The Morgan fingerprint density at radius 1 is 1.15 bits per heavy atom. The van der Waals surface area contributed by atoms with E-state index in [-0.39, 0.29) is 5.91 Å². The number of anilines is 1. The highest BCUT2D eigenvalue weighted by atomic mass is 79.9. The van der Waals surface area contributed by atoms with Crippen LogP contribution < -0.4 is 14.4 Å². The molecular formula is C18H12BrCl2NO3S2. The summed E-state index contributed by atoms with van der Waals surface area (Å²) in [5, 5.41) is 0.771. The first-order chi connectivity index (χ1) is 12.8. The van der Waals surface area contributed by atoms with Crippen molar-refractivity contribution < 1.29 is 14.3 Å². The van der Waals surface area contributed by atoms with Gasteiger partial charge in [0.05, 0.1) is 39.3 Å². The second-order valence-corrected chi connectivity index (χ2v) is 8.70. The summed E-state index contributed by atoms with van der Waals surface area (Å²) >= 11 is 22.1. The van der Waals surface area contributed by atoms with Crippen molar-refractivity contribution in [1.29, 1.82) is 0 Å². The molecule has 0 atom stereocenters. The van der Waals surface area contributed by atoms with Gasteiger partial charge in [0.2, 0.25) is 0 Å². The van der Waals surface area contributed by atoms with E-state index >= 15 is 0 Å². The highest BCUT2D eigenvalue weighted by Gasteiger charge is 2.33. The van der Waals surface area contributed by atoms with E-state index in [0.717, 1.165) is 10.0 Å². The van der Waals surface area contributed by atoms with Gasteiger partial charge in [0.15, 0.2) is 15.8 Å². The van der Waals surface area contributed by atoms with Gasteiger partial charge in [-0.05, 0) is 57.9 Å².